The quantitative estimate of drug-likeness (QED) is 0.600. The van der Waals surface area contributed by atoms with Gasteiger partial charge in [0.05, 0.1) is 42.8 Å². The molecule has 1 fully saturated rings. The average Bonchev–Trinajstić information content (AvgIpc) is 3.18. The summed E-state index contributed by atoms with van der Waals surface area (Å²) >= 11 is 0. The Balaban J connectivity index is 1.51. The first kappa shape index (κ1) is 19.3. The van der Waals surface area contributed by atoms with Crippen molar-refractivity contribution in [2.24, 2.45) is 0 Å². The standard InChI is InChI=1S/C22H25N5O2/c1-15-5-7-16(8-6-15)21-22(18-4-2-3-9-24-18)27-19(26-21)14-25-20(28)12-17-13-23-10-11-29-17/h2-9,17,23H,10-14H2,1H3,(H,25,28)(H,26,27)/t17-/m1/s1. The maximum absolute atomic E-state index is 12.3. The van der Waals surface area contributed by atoms with E-state index in [1.807, 2.05) is 30.3 Å². The van der Waals surface area contributed by atoms with E-state index >= 15 is 0 Å². The Morgan fingerprint density at radius 2 is 2.10 bits per heavy atom. The second kappa shape index (κ2) is 8.98. The number of nitrogens with one attached hydrogen (secondary N) is 3. The Hall–Kier alpha value is -3.03. The van der Waals surface area contributed by atoms with Crippen LogP contribution in [-0.4, -0.2) is 46.7 Å². The summed E-state index contributed by atoms with van der Waals surface area (Å²) < 4.78 is 5.59. The Morgan fingerprint density at radius 3 is 2.83 bits per heavy atom. The van der Waals surface area contributed by atoms with Gasteiger partial charge in [-0.2, -0.15) is 0 Å². The SMILES string of the molecule is Cc1ccc(-c2nc(CNC(=O)C[C@@H]3CNCCO3)[nH]c2-c2ccccn2)cc1. The lowest BCUT2D eigenvalue weighted by Gasteiger charge is -2.22. The topological polar surface area (TPSA) is 91.9 Å². The number of H-pyrrole nitrogens is 1. The molecule has 0 aliphatic carbocycles. The first-order valence-electron chi connectivity index (χ1n) is 9.85. The number of carbonyl (C=O) groups is 1. The van der Waals surface area contributed by atoms with Gasteiger partial charge in [0, 0.05) is 24.8 Å². The Kier molecular flexibility index (Phi) is 5.97. The number of hydrogen-bond donors (Lipinski definition) is 3. The molecule has 0 bridgehead atoms. The third-order valence-electron chi connectivity index (χ3n) is 4.87. The van der Waals surface area contributed by atoms with E-state index in [2.05, 4.69) is 39.7 Å². The van der Waals surface area contributed by atoms with Gasteiger partial charge in [0.1, 0.15) is 5.82 Å². The number of aromatic nitrogens is 3. The van der Waals surface area contributed by atoms with Crippen molar-refractivity contribution >= 4 is 5.91 Å². The Labute approximate surface area is 169 Å². The first-order chi connectivity index (χ1) is 14.2. The molecule has 1 saturated heterocycles. The fraction of sp³-hybridized carbons (Fsp3) is 0.318. The molecule has 3 heterocycles. The Bertz CT molecular complexity index is 947. The zero-order valence-corrected chi connectivity index (χ0v) is 16.4. The van der Waals surface area contributed by atoms with Crippen LogP contribution in [0.15, 0.2) is 48.7 Å². The van der Waals surface area contributed by atoms with Crippen molar-refractivity contribution in [3.05, 3.63) is 60.0 Å². The third-order valence-corrected chi connectivity index (χ3v) is 4.87. The van der Waals surface area contributed by atoms with Crippen LogP contribution in [0, 0.1) is 6.92 Å². The molecule has 3 aromatic rings. The van der Waals surface area contributed by atoms with Gasteiger partial charge in [0.25, 0.3) is 0 Å². The van der Waals surface area contributed by atoms with E-state index in [4.69, 9.17) is 9.72 Å². The molecule has 0 unspecified atom stereocenters. The van der Waals surface area contributed by atoms with E-state index in [0.29, 0.717) is 31.9 Å². The Morgan fingerprint density at radius 1 is 1.24 bits per heavy atom. The number of benzene rings is 1. The highest BCUT2D eigenvalue weighted by Crippen LogP contribution is 2.29. The minimum Gasteiger partial charge on any atom is -0.375 e. The van der Waals surface area contributed by atoms with E-state index in [9.17, 15) is 4.79 Å². The van der Waals surface area contributed by atoms with E-state index in [1.54, 1.807) is 6.20 Å². The van der Waals surface area contributed by atoms with Crippen LogP contribution in [-0.2, 0) is 16.1 Å². The number of morpholine rings is 1. The molecular weight excluding hydrogens is 366 g/mol. The molecule has 1 aliphatic rings. The number of pyridine rings is 1. The number of rotatable bonds is 6. The van der Waals surface area contributed by atoms with Gasteiger partial charge in [0.15, 0.2) is 0 Å². The van der Waals surface area contributed by atoms with E-state index in [-0.39, 0.29) is 12.0 Å². The van der Waals surface area contributed by atoms with Crippen LogP contribution in [0.5, 0.6) is 0 Å². The van der Waals surface area contributed by atoms with Crippen LogP contribution in [0.4, 0.5) is 0 Å². The summed E-state index contributed by atoms with van der Waals surface area (Å²) in [5.74, 6) is 0.642. The molecule has 7 nitrogen and oxygen atoms in total. The van der Waals surface area contributed by atoms with Gasteiger partial charge in [0.2, 0.25) is 5.91 Å². The van der Waals surface area contributed by atoms with Crippen molar-refractivity contribution in [3.63, 3.8) is 0 Å². The highest BCUT2D eigenvalue weighted by molar-refractivity contribution is 5.78. The number of ether oxygens (including phenoxy) is 1. The highest BCUT2D eigenvalue weighted by Gasteiger charge is 2.19. The normalized spacial score (nSPS) is 16.5. The minimum absolute atomic E-state index is 0.0497. The fourth-order valence-electron chi connectivity index (χ4n) is 3.33. The average molecular weight is 391 g/mol. The summed E-state index contributed by atoms with van der Waals surface area (Å²) in [6, 6.07) is 14.0. The molecule has 29 heavy (non-hydrogen) atoms. The van der Waals surface area contributed by atoms with Crippen molar-refractivity contribution in [1.29, 1.82) is 0 Å². The molecule has 150 valence electrons. The van der Waals surface area contributed by atoms with Crippen LogP contribution in [0.3, 0.4) is 0 Å². The zero-order chi connectivity index (χ0) is 20.1. The highest BCUT2D eigenvalue weighted by atomic mass is 16.5. The summed E-state index contributed by atoms with van der Waals surface area (Å²) in [5, 5.41) is 6.17. The zero-order valence-electron chi connectivity index (χ0n) is 16.4. The number of imidazole rings is 1. The van der Waals surface area contributed by atoms with Gasteiger partial charge >= 0.3 is 0 Å². The number of amides is 1. The van der Waals surface area contributed by atoms with Crippen LogP contribution in [0.1, 0.15) is 17.8 Å². The molecule has 4 rings (SSSR count). The summed E-state index contributed by atoms with van der Waals surface area (Å²) in [7, 11) is 0. The maximum Gasteiger partial charge on any atom is 0.223 e. The van der Waals surface area contributed by atoms with Crippen molar-refractivity contribution in [2.75, 3.05) is 19.7 Å². The van der Waals surface area contributed by atoms with Crippen LogP contribution in [0.25, 0.3) is 22.6 Å². The second-order valence-corrected chi connectivity index (χ2v) is 7.17. The molecular formula is C22H25N5O2. The number of aromatic amines is 1. The summed E-state index contributed by atoms with van der Waals surface area (Å²) in [6.45, 7) is 4.56. The van der Waals surface area contributed by atoms with Crippen LogP contribution in [0.2, 0.25) is 0 Å². The molecule has 2 aromatic heterocycles. The van der Waals surface area contributed by atoms with Crippen LogP contribution < -0.4 is 10.6 Å². The van der Waals surface area contributed by atoms with Crippen molar-refractivity contribution in [1.82, 2.24) is 25.6 Å². The number of nitrogens with zero attached hydrogens (tertiary/aromatic N) is 2. The molecule has 1 aliphatic heterocycles. The van der Waals surface area contributed by atoms with Gasteiger partial charge in [-0.3, -0.25) is 9.78 Å². The van der Waals surface area contributed by atoms with Crippen LogP contribution >= 0.6 is 0 Å². The first-order valence-corrected chi connectivity index (χ1v) is 9.85. The van der Waals surface area contributed by atoms with Crippen molar-refractivity contribution in [2.45, 2.75) is 26.0 Å². The monoisotopic (exact) mass is 391 g/mol. The molecule has 0 radical (unpaired) electrons. The summed E-state index contributed by atoms with van der Waals surface area (Å²) in [5.41, 5.74) is 4.68. The molecule has 1 atom stereocenters. The smallest absolute Gasteiger partial charge is 0.223 e. The molecule has 1 amide bonds. The lowest BCUT2D eigenvalue weighted by Crippen LogP contribution is -2.41. The van der Waals surface area contributed by atoms with E-state index in [0.717, 1.165) is 29.2 Å². The summed E-state index contributed by atoms with van der Waals surface area (Å²) in [4.78, 5) is 24.8. The number of hydrogen-bond acceptors (Lipinski definition) is 5. The largest absolute Gasteiger partial charge is 0.375 e. The lowest BCUT2D eigenvalue weighted by atomic mass is 10.1. The molecule has 0 spiro atoms. The minimum atomic E-state index is -0.0763. The number of aryl methyl sites for hydroxylation is 1. The predicted molar refractivity (Wildman–Crippen MR) is 111 cm³/mol. The predicted octanol–water partition coefficient (Wildman–Crippen LogP) is 2.44. The number of carbonyl (C=O) groups excluding carboxylic acids is 1. The van der Waals surface area contributed by atoms with Gasteiger partial charge in [-0.05, 0) is 19.1 Å². The van der Waals surface area contributed by atoms with Crippen molar-refractivity contribution in [3.8, 4) is 22.6 Å². The lowest BCUT2D eigenvalue weighted by molar-refractivity contribution is -0.124. The van der Waals surface area contributed by atoms with Gasteiger partial charge in [-0.15, -0.1) is 0 Å². The molecule has 0 saturated carbocycles. The van der Waals surface area contributed by atoms with Gasteiger partial charge in [-0.25, -0.2) is 4.98 Å². The van der Waals surface area contributed by atoms with E-state index < -0.39 is 0 Å². The molecule has 3 N–H and O–H groups in total. The maximum atomic E-state index is 12.3. The van der Waals surface area contributed by atoms with Gasteiger partial charge < -0.3 is 20.4 Å². The molecule has 7 heteroatoms. The van der Waals surface area contributed by atoms with E-state index in [1.165, 1.54) is 5.56 Å². The second-order valence-electron chi connectivity index (χ2n) is 7.17. The third kappa shape index (κ3) is 4.88. The molecule has 1 aromatic carbocycles. The summed E-state index contributed by atoms with van der Waals surface area (Å²) in [6.07, 6.45) is 2.02. The fourth-order valence-corrected chi connectivity index (χ4v) is 3.33. The van der Waals surface area contributed by atoms with Gasteiger partial charge in [-0.1, -0.05) is 35.9 Å². The van der Waals surface area contributed by atoms with Crippen molar-refractivity contribution < 1.29 is 9.53 Å².